The lowest BCUT2D eigenvalue weighted by Crippen LogP contribution is -2.04. The standard InChI is InChI=1S/C14H19N3O2S/c1-4-5-6-7-15-12-10-9(2)11(14(18)19-3)20-13(10)17-8-16-12/h8H,4-7H2,1-3H3,(H,15,16,17). The maximum atomic E-state index is 11.7. The van der Waals surface area contributed by atoms with Crippen LogP contribution in [0.3, 0.4) is 0 Å². The van der Waals surface area contributed by atoms with Crippen molar-refractivity contribution >= 4 is 33.3 Å². The van der Waals surface area contributed by atoms with Crippen molar-refractivity contribution in [1.29, 1.82) is 0 Å². The van der Waals surface area contributed by atoms with E-state index >= 15 is 0 Å². The Bertz CT molecular complexity index is 610. The van der Waals surface area contributed by atoms with Crippen LogP contribution in [0.5, 0.6) is 0 Å². The molecule has 1 N–H and O–H groups in total. The fraction of sp³-hybridized carbons (Fsp3) is 0.500. The fourth-order valence-corrected chi connectivity index (χ4v) is 3.14. The number of nitrogens with one attached hydrogen (secondary N) is 1. The number of esters is 1. The molecule has 0 saturated heterocycles. The van der Waals surface area contributed by atoms with Gasteiger partial charge < -0.3 is 10.1 Å². The lowest BCUT2D eigenvalue weighted by Gasteiger charge is -2.06. The predicted molar refractivity (Wildman–Crippen MR) is 81.5 cm³/mol. The van der Waals surface area contributed by atoms with Crippen LogP contribution in [0.4, 0.5) is 5.82 Å². The fourth-order valence-electron chi connectivity index (χ4n) is 2.07. The lowest BCUT2D eigenvalue weighted by molar-refractivity contribution is 0.0605. The Hall–Kier alpha value is -1.69. The van der Waals surface area contributed by atoms with Gasteiger partial charge in [0.05, 0.1) is 12.5 Å². The van der Waals surface area contributed by atoms with E-state index in [4.69, 9.17) is 4.74 Å². The monoisotopic (exact) mass is 293 g/mol. The van der Waals surface area contributed by atoms with Gasteiger partial charge in [-0.05, 0) is 18.9 Å². The van der Waals surface area contributed by atoms with Crippen LogP contribution in [0.25, 0.3) is 10.2 Å². The third kappa shape index (κ3) is 2.90. The quantitative estimate of drug-likeness (QED) is 0.653. The summed E-state index contributed by atoms with van der Waals surface area (Å²) in [4.78, 5) is 21.7. The number of aromatic nitrogens is 2. The predicted octanol–water partition coefficient (Wildman–Crippen LogP) is 3.39. The van der Waals surface area contributed by atoms with Crippen LogP contribution in [-0.4, -0.2) is 29.6 Å². The molecule has 2 rings (SSSR count). The highest BCUT2D eigenvalue weighted by Gasteiger charge is 2.19. The van der Waals surface area contributed by atoms with Gasteiger partial charge in [0.25, 0.3) is 0 Å². The molecule has 5 nitrogen and oxygen atoms in total. The molecule has 0 saturated carbocycles. The Labute approximate surface area is 122 Å². The second-order valence-electron chi connectivity index (χ2n) is 4.58. The molecule has 0 unspecified atom stereocenters. The summed E-state index contributed by atoms with van der Waals surface area (Å²) in [7, 11) is 1.39. The van der Waals surface area contributed by atoms with Crippen molar-refractivity contribution in [3.63, 3.8) is 0 Å². The molecule has 108 valence electrons. The number of unbranched alkanes of at least 4 members (excludes halogenated alkanes) is 2. The Balaban J connectivity index is 2.31. The first-order valence-electron chi connectivity index (χ1n) is 6.75. The first-order chi connectivity index (χ1) is 9.69. The van der Waals surface area contributed by atoms with E-state index in [0.29, 0.717) is 4.88 Å². The molecule has 2 aromatic heterocycles. The molecule has 20 heavy (non-hydrogen) atoms. The van der Waals surface area contributed by atoms with Gasteiger partial charge in [-0.25, -0.2) is 14.8 Å². The minimum Gasteiger partial charge on any atom is -0.465 e. The van der Waals surface area contributed by atoms with E-state index in [1.807, 2.05) is 6.92 Å². The molecule has 0 fully saturated rings. The van der Waals surface area contributed by atoms with Gasteiger partial charge in [0.15, 0.2) is 0 Å². The number of carbonyl (C=O) groups is 1. The number of anilines is 1. The van der Waals surface area contributed by atoms with Crippen molar-refractivity contribution < 1.29 is 9.53 Å². The van der Waals surface area contributed by atoms with Gasteiger partial charge in [-0.1, -0.05) is 19.8 Å². The topological polar surface area (TPSA) is 64.1 Å². The largest absolute Gasteiger partial charge is 0.465 e. The third-order valence-corrected chi connectivity index (χ3v) is 4.35. The molecule has 0 bridgehead atoms. The molecular weight excluding hydrogens is 274 g/mol. The van der Waals surface area contributed by atoms with Crippen LogP contribution in [0, 0.1) is 6.92 Å². The number of nitrogens with zero attached hydrogens (tertiary/aromatic N) is 2. The first kappa shape index (κ1) is 14.7. The van der Waals surface area contributed by atoms with Gasteiger partial charge >= 0.3 is 5.97 Å². The van der Waals surface area contributed by atoms with E-state index in [1.54, 1.807) is 0 Å². The minimum absolute atomic E-state index is 0.317. The summed E-state index contributed by atoms with van der Waals surface area (Å²) in [6, 6.07) is 0. The second-order valence-corrected chi connectivity index (χ2v) is 5.58. The summed E-state index contributed by atoms with van der Waals surface area (Å²) in [6.45, 7) is 4.96. The van der Waals surface area contributed by atoms with Gasteiger partial charge in [-0.3, -0.25) is 0 Å². The van der Waals surface area contributed by atoms with Crippen molar-refractivity contribution in [1.82, 2.24) is 9.97 Å². The van der Waals surface area contributed by atoms with E-state index in [0.717, 1.165) is 34.6 Å². The van der Waals surface area contributed by atoms with Crippen molar-refractivity contribution in [3.8, 4) is 0 Å². The van der Waals surface area contributed by atoms with Gasteiger partial charge in [-0.15, -0.1) is 11.3 Å². The highest BCUT2D eigenvalue weighted by Crippen LogP contribution is 2.33. The molecule has 2 heterocycles. The molecule has 0 amide bonds. The number of methoxy groups -OCH3 is 1. The molecule has 2 aromatic rings. The smallest absolute Gasteiger partial charge is 0.348 e. The number of hydrogen-bond acceptors (Lipinski definition) is 6. The zero-order chi connectivity index (χ0) is 14.5. The van der Waals surface area contributed by atoms with Crippen LogP contribution < -0.4 is 5.32 Å². The van der Waals surface area contributed by atoms with Crippen LogP contribution in [0.2, 0.25) is 0 Å². The average Bonchev–Trinajstić information content (AvgIpc) is 2.81. The maximum absolute atomic E-state index is 11.7. The van der Waals surface area contributed by atoms with Crippen LogP contribution in [0.15, 0.2) is 6.33 Å². The molecule has 6 heteroatoms. The molecule has 0 spiro atoms. The molecule has 0 atom stereocenters. The number of rotatable bonds is 6. The maximum Gasteiger partial charge on any atom is 0.348 e. The Morgan fingerprint density at radius 2 is 2.20 bits per heavy atom. The third-order valence-electron chi connectivity index (χ3n) is 3.17. The molecule has 0 aliphatic carbocycles. The van der Waals surface area contributed by atoms with Crippen molar-refractivity contribution in [3.05, 3.63) is 16.8 Å². The molecule has 0 radical (unpaired) electrons. The summed E-state index contributed by atoms with van der Waals surface area (Å²) in [5, 5.41) is 4.26. The molecular formula is C14H19N3O2S. The highest BCUT2D eigenvalue weighted by molar-refractivity contribution is 7.20. The van der Waals surface area contributed by atoms with Gasteiger partial charge in [0.1, 0.15) is 21.9 Å². The number of thiophene rings is 1. The van der Waals surface area contributed by atoms with E-state index in [-0.39, 0.29) is 5.97 Å². The normalized spacial score (nSPS) is 10.8. The molecule has 0 aliphatic heterocycles. The van der Waals surface area contributed by atoms with Crippen molar-refractivity contribution in [2.75, 3.05) is 19.0 Å². The molecule has 0 aliphatic rings. The zero-order valence-electron chi connectivity index (χ0n) is 12.0. The molecule has 0 aromatic carbocycles. The van der Waals surface area contributed by atoms with Crippen LogP contribution >= 0.6 is 11.3 Å². The number of carbonyl (C=O) groups excluding carboxylic acids is 1. The number of aryl methyl sites for hydroxylation is 1. The summed E-state index contributed by atoms with van der Waals surface area (Å²) in [5.74, 6) is 0.484. The number of hydrogen-bond donors (Lipinski definition) is 1. The van der Waals surface area contributed by atoms with E-state index in [2.05, 4.69) is 22.2 Å². The van der Waals surface area contributed by atoms with Crippen LogP contribution in [0.1, 0.15) is 41.4 Å². The Kier molecular flexibility index (Phi) is 4.89. The number of fused-ring (bicyclic) bond motifs is 1. The minimum atomic E-state index is -0.317. The Morgan fingerprint density at radius 1 is 1.40 bits per heavy atom. The van der Waals surface area contributed by atoms with Gasteiger partial charge in [0, 0.05) is 6.54 Å². The summed E-state index contributed by atoms with van der Waals surface area (Å²) >= 11 is 1.35. The van der Waals surface area contributed by atoms with Gasteiger partial charge in [-0.2, -0.15) is 0 Å². The second kappa shape index (κ2) is 6.65. The SMILES string of the molecule is CCCCCNc1ncnc2sc(C(=O)OC)c(C)c12. The van der Waals surface area contributed by atoms with Gasteiger partial charge in [0.2, 0.25) is 0 Å². The Morgan fingerprint density at radius 3 is 2.90 bits per heavy atom. The summed E-state index contributed by atoms with van der Waals surface area (Å²) < 4.78 is 4.80. The average molecular weight is 293 g/mol. The highest BCUT2D eigenvalue weighted by atomic mass is 32.1. The first-order valence-corrected chi connectivity index (χ1v) is 7.57. The summed E-state index contributed by atoms with van der Waals surface area (Å²) in [6.07, 6.45) is 5.01. The summed E-state index contributed by atoms with van der Waals surface area (Å²) in [5.41, 5.74) is 0.885. The van der Waals surface area contributed by atoms with E-state index in [1.165, 1.54) is 37.6 Å². The zero-order valence-corrected chi connectivity index (χ0v) is 12.8. The lowest BCUT2D eigenvalue weighted by atomic mass is 10.2. The van der Waals surface area contributed by atoms with Crippen molar-refractivity contribution in [2.24, 2.45) is 0 Å². The van der Waals surface area contributed by atoms with Crippen LogP contribution in [-0.2, 0) is 4.74 Å². The van der Waals surface area contributed by atoms with E-state index < -0.39 is 0 Å². The number of ether oxygens (including phenoxy) is 1. The van der Waals surface area contributed by atoms with Crippen molar-refractivity contribution in [2.45, 2.75) is 33.1 Å². The van der Waals surface area contributed by atoms with E-state index in [9.17, 15) is 4.79 Å².